The van der Waals surface area contributed by atoms with Gasteiger partial charge in [0, 0.05) is 25.2 Å². The first-order valence-electron chi connectivity index (χ1n) is 6.86. The van der Waals surface area contributed by atoms with E-state index >= 15 is 0 Å². The Morgan fingerprint density at radius 2 is 1.50 bits per heavy atom. The maximum atomic E-state index is 11.9. The van der Waals surface area contributed by atoms with Gasteiger partial charge in [0.05, 0.1) is 6.04 Å². The van der Waals surface area contributed by atoms with E-state index in [1.807, 2.05) is 20.8 Å². The van der Waals surface area contributed by atoms with Crippen molar-refractivity contribution in [1.82, 2.24) is 10.2 Å². The quantitative estimate of drug-likeness (QED) is 0.786. The van der Waals surface area contributed by atoms with Gasteiger partial charge in [-0.2, -0.15) is 0 Å². The average Bonchev–Trinajstić information content (AvgIpc) is 2.20. The third-order valence-electron chi connectivity index (χ3n) is 3.21. The van der Waals surface area contributed by atoms with Gasteiger partial charge in [-0.3, -0.25) is 9.69 Å². The minimum Gasteiger partial charge on any atom is -0.353 e. The van der Waals surface area contributed by atoms with Gasteiger partial charge in [-0.05, 0) is 33.1 Å². The summed E-state index contributed by atoms with van der Waals surface area (Å²) < 4.78 is 0. The molecule has 0 saturated heterocycles. The molecule has 0 saturated carbocycles. The van der Waals surface area contributed by atoms with Crippen molar-refractivity contribution in [3.63, 3.8) is 0 Å². The van der Waals surface area contributed by atoms with E-state index in [1.54, 1.807) is 0 Å². The van der Waals surface area contributed by atoms with E-state index in [4.69, 9.17) is 5.73 Å². The van der Waals surface area contributed by atoms with E-state index in [-0.39, 0.29) is 36.1 Å². The summed E-state index contributed by atoms with van der Waals surface area (Å²) in [6.45, 7) is 16.1. The number of hydrogen-bond acceptors (Lipinski definition) is 3. The van der Waals surface area contributed by atoms with Crippen LogP contribution >= 0.6 is 24.8 Å². The fourth-order valence-corrected chi connectivity index (χ4v) is 1.92. The van der Waals surface area contributed by atoms with E-state index in [2.05, 4.69) is 37.9 Å². The van der Waals surface area contributed by atoms with Crippen LogP contribution in [0.3, 0.4) is 0 Å². The Balaban J connectivity index is -0.00000144. The van der Waals surface area contributed by atoms with Gasteiger partial charge in [0.2, 0.25) is 5.91 Å². The van der Waals surface area contributed by atoms with Crippen molar-refractivity contribution in [3.05, 3.63) is 0 Å². The highest BCUT2D eigenvalue weighted by atomic mass is 35.5. The van der Waals surface area contributed by atoms with Crippen molar-refractivity contribution in [2.75, 3.05) is 13.1 Å². The molecule has 124 valence electrons. The number of amides is 1. The first-order valence-corrected chi connectivity index (χ1v) is 6.86. The molecule has 0 aromatic rings. The molecule has 0 aliphatic rings. The summed E-state index contributed by atoms with van der Waals surface area (Å²) in [5.74, 6) is -0.0602. The second-order valence-corrected chi connectivity index (χ2v) is 6.56. The second-order valence-electron chi connectivity index (χ2n) is 6.56. The third-order valence-corrected chi connectivity index (χ3v) is 3.21. The number of halogens is 2. The highest BCUT2D eigenvalue weighted by Gasteiger charge is 2.27. The zero-order valence-electron chi connectivity index (χ0n) is 13.9. The van der Waals surface area contributed by atoms with Crippen LogP contribution in [0.2, 0.25) is 0 Å². The van der Waals surface area contributed by atoms with Gasteiger partial charge in [0.1, 0.15) is 0 Å². The predicted octanol–water partition coefficient (Wildman–Crippen LogP) is 2.44. The smallest absolute Gasteiger partial charge is 0.237 e. The van der Waals surface area contributed by atoms with E-state index in [0.29, 0.717) is 18.6 Å². The number of nitrogens with one attached hydrogen (secondary N) is 1. The van der Waals surface area contributed by atoms with Crippen molar-refractivity contribution in [3.8, 4) is 0 Å². The van der Waals surface area contributed by atoms with Crippen LogP contribution in [0, 0.1) is 5.41 Å². The molecule has 1 amide bonds. The molecule has 0 radical (unpaired) electrons. The van der Waals surface area contributed by atoms with Crippen molar-refractivity contribution in [2.24, 2.45) is 11.1 Å². The molecule has 0 bridgehead atoms. The van der Waals surface area contributed by atoms with Crippen molar-refractivity contribution < 1.29 is 4.79 Å². The van der Waals surface area contributed by atoms with Crippen LogP contribution in [0.25, 0.3) is 0 Å². The lowest BCUT2D eigenvalue weighted by Crippen LogP contribution is -2.50. The summed E-state index contributed by atoms with van der Waals surface area (Å²) in [5.41, 5.74) is 5.71. The molecule has 0 aromatic carbocycles. The summed E-state index contributed by atoms with van der Waals surface area (Å²) >= 11 is 0. The third kappa shape index (κ3) is 9.01. The van der Waals surface area contributed by atoms with Crippen LogP contribution in [0.5, 0.6) is 0 Å². The fourth-order valence-electron chi connectivity index (χ4n) is 1.92. The number of carbonyl (C=O) groups excluding carboxylic acids is 1. The molecule has 0 rings (SSSR count). The molecule has 0 spiro atoms. The van der Waals surface area contributed by atoms with Gasteiger partial charge in [0.15, 0.2) is 0 Å². The molecule has 0 fully saturated rings. The Hall–Kier alpha value is -0.0300. The number of carbonyl (C=O) groups is 1. The number of nitrogens with zero attached hydrogens (tertiary/aromatic N) is 1. The maximum Gasteiger partial charge on any atom is 0.237 e. The Morgan fingerprint density at radius 1 is 1.10 bits per heavy atom. The molecule has 6 heteroatoms. The van der Waals surface area contributed by atoms with E-state index in [9.17, 15) is 4.79 Å². The van der Waals surface area contributed by atoms with Crippen LogP contribution in [0.1, 0.15) is 48.5 Å². The fraction of sp³-hybridized carbons (Fsp3) is 0.929. The zero-order chi connectivity index (χ0) is 14.5. The molecular formula is C14H33Cl2N3O. The molecular weight excluding hydrogens is 297 g/mol. The van der Waals surface area contributed by atoms with Crippen molar-refractivity contribution in [2.45, 2.75) is 66.6 Å². The molecule has 0 aliphatic carbocycles. The summed E-state index contributed by atoms with van der Waals surface area (Å²) in [7, 11) is 0. The molecule has 0 heterocycles. The van der Waals surface area contributed by atoms with Crippen LogP contribution in [-0.2, 0) is 4.79 Å². The van der Waals surface area contributed by atoms with Gasteiger partial charge in [-0.15, -0.1) is 24.8 Å². The Bertz CT molecular complexity index is 258. The number of nitrogens with two attached hydrogens (primary N) is 1. The lowest BCUT2D eigenvalue weighted by Gasteiger charge is -2.31. The largest absolute Gasteiger partial charge is 0.353 e. The van der Waals surface area contributed by atoms with Crippen LogP contribution in [0.4, 0.5) is 0 Å². The molecule has 3 N–H and O–H groups in total. The maximum absolute atomic E-state index is 11.9. The minimum atomic E-state index is -0.455. The monoisotopic (exact) mass is 329 g/mol. The SMILES string of the molecule is CC(C)N(CCNC(=O)[C@@H](N)C(C)(C)C)C(C)C.Cl.Cl. The van der Waals surface area contributed by atoms with Crippen molar-refractivity contribution in [1.29, 1.82) is 0 Å². The highest BCUT2D eigenvalue weighted by molar-refractivity contribution is 5.85. The molecule has 0 aliphatic heterocycles. The molecule has 4 nitrogen and oxygen atoms in total. The Kier molecular flexibility index (Phi) is 13.3. The standard InChI is InChI=1S/C14H31N3O.2ClH/c1-10(2)17(11(3)4)9-8-16-13(18)12(15)14(5,6)7;;/h10-12H,8-9,15H2,1-7H3,(H,16,18);2*1H/t12-;;/m1../s1. The highest BCUT2D eigenvalue weighted by Crippen LogP contribution is 2.17. The average molecular weight is 330 g/mol. The lowest BCUT2D eigenvalue weighted by molar-refractivity contribution is -0.124. The normalized spacial score (nSPS) is 12.9. The molecule has 0 aromatic heterocycles. The van der Waals surface area contributed by atoms with E-state index < -0.39 is 6.04 Å². The van der Waals surface area contributed by atoms with Gasteiger partial charge in [0.25, 0.3) is 0 Å². The number of rotatable bonds is 6. The number of hydrogen-bond donors (Lipinski definition) is 2. The van der Waals surface area contributed by atoms with Crippen LogP contribution in [0.15, 0.2) is 0 Å². The first kappa shape index (κ1) is 25.0. The Morgan fingerprint density at radius 3 is 1.80 bits per heavy atom. The zero-order valence-corrected chi connectivity index (χ0v) is 15.5. The summed E-state index contributed by atoms with van der Waals surface area (Å²) in [6, 6.07) is 0.514. The lowest BCUT2D eigenvalue weighted by atomic mass is 9.87. The predicted molar refractivity (Wildman–Crippen MR) is 91.9 cm³/mol. The van der Waals surface area contributed by atoms with Gasteiger partial charge in [-0.1, -0.05) is 20.8 Å². The van der Waals surface area contributed by atoms with E-state index in [1.165, 1.54) is 0 Å². The van der Waals surface area contributed by atoms with Gasteiger partial charge < -0.3 is 11.1 Å². The first-order chi connectivity index (χ1) is 8.07. The summed E-state index contributed by atoms with van der Waals surface area (Å²) in [4.78, 5) is 14.2. The second kappa shape index (κ2) is 10.7. The topological polar surface area (TPSA) is 58.4 Å². The summed E-state index contributed by atoms with van der Waals surface area (Å²) in [6.07, 6.45) is 0. The van der Waals surface area contributed by atoms with Crippen LogP contribution < -0.4 is 11.1 Å². The van der Waals surface area contributed by atoms with Crippen molar-refractivity contribution >= 4 is 30.7 Å². The Labute approximate surface area is 137 Å². The van der Waals surface area contributed by atoms with E-state index in [0.717, 1.165) is 6.54 Å². The molecule has 0 unspecified atom stereocenters. The molecule has 20 heavy (non-hydrogen) atoms. The van der Waals surface area contributed by atoms with Gasteiger partial charge >= 0.3 is 0 Å². The van der Waals surface area contributed by atoms with Crippen LogP contribution in [-0.4, -0.2) is 42.0 Å². The minimum absolute atomic E-state index is 0. The van der Waals surface area contributed by atoms with Gasteiger partial charge in [-0.25, -0.2) is 0 Å². The molecule has 1 atom stereocenters. The summed E-state index contributed by atoms with van der Waals surface area (Å²) in [5, 5.41) is 2.92.